The van der Waals surface area contributed by atoms with Gasteiger partial charge in [-0.2, -0.15) is 0 Å². The molecule has 0 bridgehead atoms. The van der Waals surface area contributed by atoms with Crippen LogP contribution in [0.1, 0.15) is 19.3 Å². The molecule has 0 spiro atoms. The maximum absolute atomic E-state index is 9.51. The second-order valence-corrected chi connectivity index (χ2v) is 5.11. The Morgan fingerprint density at radius 3 is 1.63 bits per heavy atom. The zero-order valence-electron chi connectivity index (χ0n) is 11.2. The maximum atomic E-state index is 9.51. The van der Waals surface area contributed by atoms with Gasteiger partial charge in [0.1, 0.15) is 0 Å². The van der Waals surface area contributed by atoms with Gasteiger partial charge in [0.15, 0.2) is 0 Å². The topological polar surface area (TPSA) is 110 Å². The van der Waals surface area contributed by atoms with Gasteiger partial charge in [-0.05, 0) is 31.1 Å². The summed E-state index contributed by atoms with van der Waals surface area (Å²) in [7, 11) is 0. The van der Waals surface area contributed by atoms with Gasteiger partial charge in [-0.3, -0.25) is 0 Å². The van der Waals surface area contributed by atoms with Crippen molar-refractivity contribution >= 4 is 0 Å². The monoisotopic (exact) mass is 278 g/mol. The van der Waals surface area contributed by atoms with Gasteiger partial charge in [0, 0.05) is 32.3 Å². The quantitative estimate of drug-likeness (QED) is 0.379. The average Bonchev–Trinajstić information content (AvgIpc) is 2.42. The molecule has 0 aromatic rings. The van der Waals surface area contributed by atoms with Crippen molar-refractivity contribution in [3.8, 4) is 0 Å². The van der Waals surface area contributed by atoms with Crippen molar-refractivity contribution in [2.75, 3.05) is 33.0 Å². The number of ether oxygens (including phenoxy) is 1. The summed E-state index contributed by atoms with van der Waals surface area (Å²) in [5, 5.41) is 46.4. The van der Waals surface area contributed by atoms with Gasteiger partial charge >= 0.3 is 0 Å². The summed E-state index contributed by atoms with van der Waals surface area (Å²) in [5.41, 5.74) is 0. The van der Waals surface area contributed by atoms with Crippen LogP contribution in [0.5, 0.6) is 0 Å². The summed E-state index contributed by atoms with van der Waals surface area (Å²) in [4.78, 5) is 0. The van der Waals surface area contributed by atoms with Crippen LogP contribution in [0.4, 0.5) is 0 Å². The lowest BCUT2D eigenvalue weighted by atomic mass is 9.70. The van der Waals surface area contributed by atoms with Gasteiger partial charge in [-0.1, -0.05) is 0 Å². The van der Waals surface area contributed by atoms with Gasteiger partial charge in [-0.15, -0.1) is 0 Å². The molecule has 6 nitrogen and oxygen atoms in total. The molecule has 0 aromatic carbocycles. The van der Waals surface area contributed by atoms with Gasteiger partial charge in [0.2, 0.25) is 0 Å². The van der Waals surface area contributed by atoms with E-state index in [9.17, 15) is 20.4 Å². The molecule has 6 heteroatoms. The second kappa shape index (κ2) is 8.84. The van der Waals surface area contributed by atoms with Crippen LogP contribution in [0.25, 0.3) is 0 Å². The molecule has 3 unspecified atom stereocenters. The number of hydrogen-bond acceptors (Lipinski definition) is 6. The first-order chi connectivity index (χ1) is 9.23. The fourth-order valence-corrected chi connectivity index (χ4v) is 3.26. The van der Waals surface area contributed by atoms with Crippen molar-refractivity contribution in [1.82, 2.24) is 0 Å². The van der Waals surface area contributed by atoms with E-state index in [1.165, 1.54) is 0 Å². The summed E-state index contributed by atoms with van der Waals surface area (Å²) < 4.78 is 5.76. The van der Waals surface area contributed by atoms with E-state index in [2.05, 4.69) is 0 Å². The lowest BCUT2D eigenvalue weighted by Gasteiger charge is -2.46. The third-order valence-corrected chi connectivity index (χ3v) is 4.13. The van der Waals surface area contributed by atoms with Crippen molar-refractivity contribution < 1.29 is 30.3 Å². The Hall–Kier alpha value is -0.240. The molecule has 0 radical (unpaired) electrons. The molecule has 0 amide bonds. The third-order valence-electron chi connectivity index (χ3n) is 4.13. The molecule has 5 N–H and O–H groups in total. The Labute approximate surface area is 113 Å². The molecule has 0 saturated carbocycles. The maximum Gasteiger partial charge on any atom is 0.0862 e. The van der Waals surface area contributed by atoms with Crippen LogP contribution in [-0.4, -0.2) is 70.8 Å². The Morgan fingerprint density at radius 1 is 0.579 bits per heavy atom. The van der Waals surface area contributed by atoms with Crippen LogP contribution < -0.4 is 0 Å². The Balaban J connectivity index is 2.90. The first kappa shape index (κ1) is 16.8. The molecular weight excluding hydrogens is 252 g/mol. The predicted octanol–water partition coefficient (Wildman–Crippen LogP) is -1.27. The molecule has 1 rings (SSSR count). The number of rotatable bonds is 8. The van der Waals surface area contributed by atoms with Gasteiger partial charge in [0.25, 0.3) is 0 Å². The zero-order chi connectivity index (χ0) is 14.3. The van der Waals surface area contributed by atoms with E-state index in [4.69, 9.17) is 9.84 Å². The Kier molecular flexibility index (Phi) is 7.82. The van der Waals surface area contributed by atoms with Crippen LogP contribution in [0.3, 0.4) is 0 Å². The largest absolute Gasteiger partial charge is 0.396 e. The summed E-state index contributed by atoms with van der Waals surface area (Å²) >= 11 is 0. The highest BCUT2D eigenvalue weighted by Crippen LogP contribution is 2.40. The van der Waals surface area contributed by atoms with E-state index in [1.807, 2.05) is 0 Å². The van der Waals surface area contributed by atoms with Crippen LogP contribution in [0.15, 0.2) is 0 Å². The van der Waals surface area contributed by atoms with E-state index in [0.717, 1.165) is 0 Å². The third kappa shape index (κ3) is 4.11. The first-order valence-electron chi connectivity index (χ1n) is 6.93. The minimum atomic E-state index is -0.479. The highest BCUT2D eigenvalue weighted by molar-refractivity contribution is 4.91. The van der Waals surface area contributed by atoms with E-state index in [-0.39, 0.29) is 56.9 Å². The molecule has 114 valence electrons. The molecule has 0 aliphatic carbocycles. The number of aliphatic hydroxyl groups excluding tert-OH is 5. The van der Waals surface area contributed by atoms with Gasteiger partial charge < -0.3 is 30.3 Å². The van der Waals surface area contributed by atoms with Gasteiger partial charge in [-0.25, -0.2) is 0 Å². The summed E-state index contributed by atoms with van der Waals surface area (Å²) in [5.74, 6) is -0.294. The van der Waals surface area contributed by atoms with Gasteiger partial charge in [0.05, 0.1) is 18.8 Å². The lowest BCUT2D eigenvalue weighted by Crippen LogP contribution is -2.51. The van der Waals surface area contributed by atoms with Crippen molar-refractivity contribution in [3.63, 3.8) is 0 Å². The fraction of sp³-hybridized carbons (Fsp3) is 1.00. The molecule has 1 fully saturated rings. The standard InChI is InChI=1S/C13H26O6/c14-4-1-9-10(2-5-15)12(3-6-16)19-13(8-18)11(9)7-17/h9-18H,1-8H2/t9?,10?,11-,12+,13?/m1/s1. The Bertz CT molecular complexity index is 237. The van der Waals surface area contributed by atoms with Crippen molar-refractivity contribution in [2.45, 2.75) is 31.5 Å². The van der Waals surface area contributed by atoms with Crippen molar-refractivity contribution in [2.24, 2.45) is 17.8 Å². The van der Waals surface area contributed by atoms with E-state index in [0.29, 0.717) is 19.3 Å². The zero-order valence-corrected chi connectivity index (χ0v) is 11.2. The molecule has 1 aliphatic rings. The SMILES string of the molecule is OCCC1C(CCO)[C@H](CCO)OC(CO)[C@@H]1CO. The molecule has 0 aromatic heterocycles. The van der Waals surface area contributed by atoms with E-state index < -0.39 is 6.10 Å². The highest BCUT2D eigenvalue weighted by Gasteiger charge is 2.43. The fourth-order valence-electron chi connectivity index (χ4n) is 3.26. The van der Waals surface area contributed by atoms with E-state index >= 15 is 0 Å². The number of aliphatic hydroxyl groups is 5. The number of hydrogen-bond donors (Lipinski definition) is 5. The van der Waals surface area contributed by atoms with E-state index in [1.54, 1.807) is 0 Å². The van der Waals surface area contributed by atoms with Crippen LogP contribution in [-0.2, 0) is 4.74 Å². The summed E-state index contributed by atoms with van der Waals surface area (Å²) in [6.07, 6.45) is 0.699. The molecule has 5 atom stereocenters. The molecule has 1 aliphatic heterocycles. The minimum Gasteiger partial charge on any atom is -0.396 e. The highest BCUT2D eigenvalue weighted by atomic mass is 16.5. The molecule has 19 heavy (non-hydrogen) atoms. The predicted molar refractivity (Wildman–Crippen MR) is 68.4 cm³/mol. The molecule has 1 saturated heterocycles. The normalized spacial score (nSPS) is 35.5. The summed E-state index contributed by atoms with van der Waals surface area (Å²) in [6, 6.07) is 0. The molecular formula is C13H26O6. The van der Waals surface area contributed by atoms with Crippen LogP contribution in [0, 0.1) is 17.8 Å². The van der Waals surface area contributed by atoms with Crippen molar-refractivity contribution in [3.05, 3.63) is 0 Å². The average molecular weight is 278 g/mol. The van der Waals surface area contributed by atoms with Crippen LogP contribution in [0.2, 0.25) is 0 Å². The van der Waals surface area contributed by atoms with Crippen LogP contribution >= 0.6 is 0 Å². The second-order valence-electron chi connectivity index (χ2n) is 5.11. The molecule has 1 heterocycles. The Morgan fingerprint density at radius 2 is 1.16 bits per heavy atom. The van der Waals surface area contributed by atoms with Crippen molar-refractivity contribution in [1.29, 1.82) is 0 Å². The lowest BCUT2D eigenvalue weighted by molar-refractivity contribution is -0.178. The summed E-state index contributed by atoms with van der Waals surface area (Å²) in [6.45, 7) is -0.349. The minimum absolute atomic E-state index is 0.000175. The first-order valence-corrected chi connectivity index (χ1v) is 6.93. The smallest absolute Gasteiger partial charge is 0.0862 e.